The zero-order valence-corrected chi connectivity index (χ0v) is 11.5. The number of nitrogen functional groups attached to an aromatic ring is 1. The summed E-state index contributed by atoms with van der Waals surface area (Å²) < 4.78 is 13.5. The summed E-state index contributed by atoms with van der Waals surface area (Å²) in [7, 11) is 0. The molecule has 1 aliphatic rings. The van der Waals surface area contributed by atoms with E-state index in [0.29, 0.717) is 6.54 Å². The normalized spacial score (nSPS) is 13.9. The molecular formula is C15H13FN2OS. The fourth-order valence-corrected chi connectivity index (χ4v) is 3.24. The van der Waals surface area contributed by atoms with Crippen LogP contribution in [0.4, 0.5) is 15.8 Å². The fraction of sp³-hybridized carbons (Fsp3) is 0.133. The Morgan fingerprint density at radius 3 is 2.85 bits per heavy atom. The molecule has 2 N–H and O–H groups in total. The Morgan fingerprint density at radius 1 is 1.20 bits per heavy atom. The van der Waals surface area contributed by atoms with Gasteiger partial charge in [-0.05, 0) is 24.3 Å². The van der Waals surface area contributed by atoms with E-state index < -0.39 is 5.82 Å². The molecule has 20 heavy (non-hydrogen) atoms. The van der Waals surface area contributed by atoms with Gasteiger partial charge in [-0.1, -0.05) is 18.2 Å². The minimum absolute atomic E-state index is 0.0896. The highest BCUT2D eigenvalue weighted by Gasteiger charge is 2.25. The third-order valence-corrected chi connectivity index (χ3v) is 4.30. The van der Waals surface area contributed by atoms with Crippen LogP contribution in [0, 0.1) is 5.82 Å². The summed E-state index contributed by atoms with van der Waals surface area (Å²) >= 11 is 1.71. The average molecular weight is 288 g/mol. The van der Waals surface area contributed by atoms with Gasteiger partial charge in [0.15, 0.2) is 0 Å². The first-order valence-corrected chi connectivity index (χ1v) is 7.24. The van der Waals surface area contributed by atoms with Gasteiger partial charge in [-0.3, -0.25) is 4.79 Å². The van der Waals surface area contributed by atoms with Crippen LogP contribution in [0.5, 0.6) is 0 Å². The number of halogens is 1. The highest BCUT2D eigenvalue weighted by atomic mass is 32.2. The average Bonchev–Trinajstić information content (AvgIpc) is 2.49. The van der Waals surface area contributed by atoms with Crippen molar-refractivity contribution in [3.63, 3.8) is 0 Å². The summed E-state index contributed by atoms with van der Waals surface area (Å²) in [6.07, 6.45) is 0. The van der Waals surface area contributed by atoms with Crippen LogP contribution in [-0.4, -0.2) is 18.2 Å². The van der Waals surface area contributed by atoms with E-state index in [-0.39, 0.29) is 17.2 Å². The van der Waals surface area contributed by atoms with Gasteiger partial charge < -0.3 is 10.6 Å². The van der Waals surface area contributed by atoms with Gasteiger partial charge in [-0.25, -0.2) is 4.39 Å². The molecule has 0 fully saturated rings. The van der Waals surface area contributed by atoms with Gasteiger partial charge in [0.1, 0.15) is 5.82 Å². The third kappa shape index (κ3) is 2.14. The quantitative estimate of drug-likeness (QED) is 0.820. The summed E-state index contributed by atoms with van der Waals surface area (Å²) in [6.45, 7) is 0.594. The van der Waals surface area contributed by atoms with Gasteiger partial charge in [-0.2, -0.15) is 0 Å². The monoisotopic (exact) mass is 288 g/mol. The van der Waals surface area contributed by atoms with E-state index in [1.807, 2.05) is 24.3 Å². The number of thioether (sulfide) groups is 1. The Morgan fingerprint density at radius 2 is 2.00 bits per heavy atom. The molecule has 5 heteroatoms. The van der Waals surface area contributed by atoms with E-state index in [1.165, 1.54) is 12.1 Å². The SMILES string of the molecule is Nc1c(F)cccc1C(=O)N1CCSc2ccccc21. The molecule has 0 spiro atoms. The number of benzene rings is 2. The summed E-state index contributed by atoms with van der Waals surface area (Å²) in [6, 6.07) is 12.0. The van der Waals surface area contributed by atoms with Crippen LogP contribution in [-0.2, 0) is 0 Å². The molecule has 1 amide bonds. The lowest BCUT2D eigenvalue weighted by Crippen LogP contribution is -2.35. The molecular weight excluding hydrogens is 275 g/mol. The lowest BCUT2D eigenvalue weighted by molar-refractivity contribution is 0.0988. The Balaban J connectivity index is 2.02. The lowest BCUT2D eigenvalue weighted by atomic mass is 10.1. The third-order valence-electron chi connectivity index (χ3n) is 3.26. The van der Waals surface area contributed by atoms with Crippen LogP contribution in [0.1, 0.15) is 10.4 Å². The Kier molecular flexibility index (Phi) is 3.36. The summed E-state index contributed by atoms with van der Waals surface area (Å²) in [5.74, 6) is 0.00287. The molecule has 0 atom stereocenters. The van der Waals surface area contributed by atoms with Gasteiger partial charge in [0, 0.05) is 17.2 Å². The lowest BCUT2D eigenvalue weighted by Gasteiger charge is -2.29. The summed E-state index contributed by atoms with van der Waals surface area (Å²) in [5, 5.41) is 0. The van der Waals surface area contributed by atoms with Crippen molar-refractivity contribution in [3.8, 4) is 0 Å². The molecule has 3 nitrogen and oxygen atoms in total. The smallest absolute Gasteiger partial charge is 0.260 e. The molecule has 1 aliphatic heterocycles. The summed E-state index contributed by atoms with van der Waals surface area (Å²) in [4.78, 5) is 15.3. The number of rotatable bonds is 1. The number of para-hydroxylation sites is 2. The maximum Gasteiger partial charge on any atom is 0.260 e. The number of nitrogens with zero attached hydrogens (tertiary/aromatic N) is 1. The number of hydrogen-bond acceptors (Lipinski definition) is 3. The second-order valence-electron chi connectivity index (χ2n) is 4.47. The predicted molar refractivity (Wildman–Crippen MR) is 79.7 cm³/mol. The second kappa shape index (κ2) is 5.17. The first kappa shape index (κ1) is 13.0. The van der Waals surface area contributed by atoms with Crippen molar-refractivity contribution in [1.29, 1.82) is 0 Å². The molecule has 1 heterocycles. The van der Waals surface area contributed by atoms with Crippen LogP contribution in [0.15, 0.2) is 47.4 Å². The van der Waals surface area contributed by atoms with Gasteiger partial charge >= 0.3 is 0 Å². The molecule has 3 rings (SSSR count). The maximum absolute atomic E-state index is 13.5. The molecule has 0 unspecified atom stereocenters. The van der Waals surface area contributed by atoms with Crippen molar-refractivity contribution in [3.05, 3.63) is 53.8 Å². The van der Waals surface area contributed by atoms with E-state index in [9.17, 15) is 9.18 Å². The molecule has 0 bridgehead atoms. The molecule has 102 valence electrons. The minimum Gasteiger partial charge on any atom is -0.396 e. The van der Waals surface area contributed by atoms with Gasteiger partial charge in [0.05, 0.1) is 16.9 Å². The Labute approximate surface area is 120 Å². The number of carbonyl (C=O) groups is 1. The van der Waals surface area contributed by atoms with Crippen molar-refractivity contribution >= 4 is 29.0 Å². The van der Waals surface area contributed by atoms with Crippen LogP contribution in [0.2, 0.25) is 0 Å². The zero-order chi connectivity index (χ0) is 14.1. The fourth-order valence-electron chi connectivity index (χ4n) is 2.25. The van der Waals surface area contributed by atoms with Gasteiger partial charge in [0.25, 0.3) is 5.91 Å². The first-order chi connectivity index (χ1) is 9.68. The van der Waals surface area contributed by atoms with Crippen molar-refractivity contribution in [2.24, 2.45) is 0 Å². The molecule has 2 aromatic rings. The van der Waals surface area contributed by atoms with Crippen LogP contribution in [0.3, 0.4) is 0 Å². The van der Waals surface area contributed by atoms with Crippen molar-refractivity contribution in [1.82, 2.24) is 0 Å². The van der Waals surface area contributed by atoms with E-state index in [4.69, 9.17) is 5.73 Å². The molecule has 0 aliphatic carbocycles. The number of hydrogen-bond donors (Lipinski definition) is 1. The van der Waals surface area contributed by atoms with Crippen molar-refractivity contribution in [2.75, 3.05) is 22.9 Å². The molecule has 0 aromatic heterocycles. The summed E-state index contributed by atoms with van der Waals surface area (Å²) in [5.41, 5.74) is 6.67. The minimum atomic E-state index is -0.560. The molecule has 0 saturated heterocycles. The number of anilines is 2. The first-order valence-electron chi connectivity index (χ1n) is 6.26. The molecule has 0 saturated carbocycles. The van der Waals surface area contributed by atoms with E-state index in [2.05, 4.69) is 0 Å². The number of fused-ring (bicyclic) bond motifs is 1. The van der Waals surface area contributed by atoms with Gasteiger partial charge in [0.2, 0.25) is 0 Å². The number of carbonyl (C=O) groups excluding carboxylic acids is 1. The van der Waals surface area contributed by atoms with Crippen molar-refractivity contribution < 1.29 is 9.18 Å². The van der Waals surface area contributed by atoms with Crippen LogP contribution < -0.4 is 10.6 Å². The van der Waals surface area contributed by atoms with E-state index in [0.717, 1.165) is 16.3 Å². The standard InChI is InChI=1S/C15H13FN2OS/c16-11-5-3-4-10(14(11)17)15(19)18-8-9-20-13-7-2-1-6-12(13)18/h1-7H,8-9,17H2. The zero-order valence-electron chi connectivity index (χ0n) is 10.7. The van der Waals surface area contributed by atoms with E-state index in [1.54, 1.807) is 22.7 Å². The van der Waals surface area contributed by atoms with Crippen LogP contribution >= 0.6 is 11.8 Å². The topological polar surface area (TPSA) is 46.3 Å². The second-order valence-corrected chi connectivity index (χ2v) is 5.61. The number of amides is 1. The molecule has 2 aromatic carbocycles. The number of nitrogens with two attached hydrogens (primary N) is 1. The van der Waals surface area contributed by atoms with Crippen LogP contribution in [0.25, 0.3) is 0 Å². The highest BCUT2D eigenvalue weighted by molar-refractivity contribution is 7.99. The highest BCUT2D eigenvalue weighted by Crippen LogP contribution is 2.35. The van der Waals surface area contributed by atoms with Crippen molar-refractivity contribution in [2.45, 2.75) is 4.90 Å². The Hall–Kier alpha value is -2.01. The van der Waals surface area contributed by atoms with Gasteiger partial charge in [-0.15, -0.1) is 11.8 Å². The largest absolute Gasteiger partial charge is 0.396 e. The maximum atomic E-state index is 13.5. The molecule has 0 radical (unpaired) electrons. The Bertz CT molecular complexity index is 675. The predicted octanol–water partition coefficient (Wildman–Crippen LogP) is 3.16. The van der Waals surface area contributed by atoms with E-state index >= 15 is 0 Å².